The Morgan fingerprint density at radius 1 is 1.37 bits per heavy atom. The number of hydrogen-bond acceptors (Lipinski definition) is 6. The van der Waals surface area contributed by atoms with E-state index in [1.807, 2.05) is 10.9 Å². The fraction of sp³-hybridized carbons (Fsp3) is 0.400. The van der Waals surface area contributed by atoms with Crippen molar-refractivity contribution in [1.82, 2.24) is 29.6 Å². The van der Waals surface area contributed by atoms with Gasteiger partial charge in [-0.05, 0) is 31.4 Å². The smallest absolute Gasteiger partial charge is 0.246 e. The van der Waals surface area contributed by atoms with Gasteiger partial charge in [-0.2, -0.15) is 15.1 Å². The van der Waals surface area contributed by atoms with Gasteiger partial charge in [-0.25, -0.2) is 4.39 Å². The number of halogens is 1. The lowest BCUT2D eigenvalue weighted by Gasteiger charge is -2.34. The Bertz CT molecular complexity index is 1090. The van der Waals surface area contributed by atoms with Gasteiger partial charge in [0.1, 0.15) is 17.9 Å². The molecule has 0 radical (unpaired) electrons. The third kappa shape index (κ3) is 3.60. The third-order valence-corrected chi connectivity index (χ3v) is 5.39. The van der Waals surface area contributed by atoms with Crippen molar-refractivity contribution in [2.75, 3.05) is 18.4 Å². The number of likely N-dealkylation sites (tertiary alicyclic amines) is 1. The van der Waals surface area contributed by atoms with Crippen LogP contribution >= 0.6 is 0 Å². The lowest BCUT2D eigenvalue weighted by molar-refractivity contribution is -0.130. The molecule has 10 heteroatoms. The predicted molar refractivity (Wildman–Crippen MR) is 108 cm³/mol. The molecule has 3 aromatic rings. The van der Waals surface area contributed by atoms with Crippen LogP contribution in [0.15, 0.2) is 37.3 Å². The summed E-state index contributed by atoms with van der Waals surface area (Å²) in [5.41, 5.74) is 1.34. The molecule has 0 bridgehead atoms. The number of H-pyrrole nitrogens is 1. The van der Waals surface area contributed by atoms with Crippen molar-refractivity contribution in [2.45, 2.75) is 37.6 Å². The molecule has 4 heterocycles. The van der Waals surface area contributed by atoms with Crippen molar-refractivity contribution in [1.29, 1.82) is 0 Å². The quantitative estimate of drug-likeness (QED) is 0.605. The van der Waals surface area contributed by atoms with Gasteiger partial charge in [-0.1, -0.05) is 6.58 Å². The van der Waals surface area contributed by atoms with Gasteiger partial charge in [0.2, 0.25) is 17.7 Å². The molecule has 2 aliphatic rings. The number of aromatic nitrogens is 5. The normalized spacial score (nSPS) is 21.6. The van der Waals surface area contributed by atoms with Crippen molar-refractivity contribution >= 4 is 28.6 Å². The first kappa shape index (κ1) is 18.6. The molecule has 1 saturated heterocycles. The Labute approximate surface area is 171 Å². The number of nitrogens with one attached hydrogen (secondary N) is 2. The molecule has 156 valence electrons. The van der Waals surface area contributed by atoms with E-state index in [0.29, 0.717) is 29.6 Å². The Morgan fingerprint density at radius 3 is 3.03 bits per heavy atom. The molecule has 0 spiro atoms. The number of hydrogen-bond donors (Lipinski definition) is 2. The zero-order valence-corrected chi connectivity index (χ0v) is 16.3. The summed E-state index contributed by atoms with van der Waals surface area (Å²) in [7, 11) is 0. The Morgan fingerprint density at radius 2 is 2.23 bits per heavy atom. The second-order valence-corrected chi connectivity index (χ2v) is 7.61. The van der Waals surface area contributed by atoms with Gasteiger partial charge in [0.15, 0.2) is 0 Å². The van der Waals surface area contributed by atoms with Crippen molar-refractivity contribution in [3.8, 4) is 5.88 Å². The zero-order valence-electron chi connectivity index (χ0n) is 16.3. The van der Waals surface area contributed by atoms with E-state index < -0.39 is 12.3 Å². The van der Waals surface area contributed by atoms with Crippen LogP contribution in [-0.4, -0.2) is 60.9 Å². The molecule has 2 atom stereocenters. The summed E-state index contributed by atoms with van der Waals surface area (Å²) >= 11 is 0. The molecule has 0 unspecified atom stereocenters. The summed E-state index contributed by atoms with van der Waals surface area (Å²) in [5, 5.41) is 8.13. The molecule has 5 rings (SSSR count). The van der Waals surface area contributed by atoms with Gasteiger partial charge in [0.25, 0.3) is 0 Å². The molecule has 0 aromatic carbocycles. The molecule has 1 aliphatic heterocycles. The largest absolute Gasteiger partial charge is 0.469 e. The van der Waals surface area contributed by atoms with Crippen LogP contribution in [0.5, 0.6) is 5.88 Å². The molecule has 1 saturated carbocycles. The third-order valence-electron chi connectivity index (χ3n) is 5.39. The minimum absolute atomic E-state index is 0.138. The average molecular weight is 411 g/mol. The number of rotatable bonds is 6. The van der Waals surface area contributed by atoms with E-state index in [9.17, 15) is 9.18 Å². The molecule has 2 N–H and O–H groups in total. The van der Waals surface area contributed by atoms with E-state index in [0.717, 1.165) is 18.5 Å². The summed E-state index contributed by atoms with van der Waals surface area (Å²) in [6.45, 7) is 3.98. The van der Waals surface area contributed by atoms with Gasteiger partial charge in [-0.15, -0.1) is 0 Å². The topological polar surface area (TPSA) is 101 Å². The second-order valence-electron chi connectivity index (χ2n) is 7.61. The van der Waals surface area contributed by atoms with Crippen LogP contribution in [0.3, 0.4) is 0 Å². The van der Waals surface area contributed by atoms with Crippen molar-refractivity contribution in [3.63, 3.8) is 0 Å². The highest BCUT2D eigenvalue weighted by molar-refractivity contribution is 5.87. The monoisotopic (exact) mass is 411 g/mol. The number of fused-ring (bicyclic) bond motifs is 1. The van der Waals surface area contributed by atoms with E-state index >= 15 is 0 Å². The fourth-order valence-electron chi connectivity index (χ4n) is 3.60. The van der Waals surface area contributed by atoms with Gasteiger partial charge < -0.3 is 19.9 Å². The van der Waals surface area contributed by atoms with Crippen LogP contribution in [0.1, 0.15) is 25.3 Å². The van der Waals surface area contributed by atoms with E-state index in [1.54, 1.807) is 18.5 Å². The fourth-order valence-corrected chi connectivity index (χ4v) is 3.60. The number of piperidine rings is 1. The van der Waals surface area contributed by atoms with Gasteiger partial charge in [0, 0.05) is 18.9 Å². The van der Waals surface area contributed by atoms with Crippen LogP contribution in [0.2, 0.25) is 0 Å². The highest BCUT2D eigenvalue weighted by Gasteiger charge is 2.33. The molecule has 2 fully saturated rings. The standard InChI is InChI=1S/C20H22FN7O2/c1-2-17(29)27-8-6-15(21)16(11-27)30-19-14-5-7-22-18(14)25-20(26-19)24-12-9-23-28(10-12)13-3-4-13/h2,5,7,9-10,13,15-16H,1,3-4,6,8,11H2,(H2,22,24,25,26)/t15-,16-/m0/s1. The molecular weight excluding hydrogens is 389 g/mol. The Balaban J connectivity index is 1.39. The van der Waals surface area contributed by atoms with Crippen LogP contribution < -0.4 is 10.1 Å². The number of amides is 1. The van der Waals surface area contributed by atoms with E-state index in [-0.39, 0.29) is 24.8 Å². The number of carbonyl (C=O) groups excluding carboxylic acids is 1. The zero-order chi connectivity index (χ0) is 20.7. The van der Waals surface area contributed by atoms with E-state index in [2.05, 4.69) is 31.9 Å². The number of aromatic amines is 1. The number of nitrogens with zero attached hydrogens (tertiary/aromatic N) is 5. The van der Waals surface area contributed by atoms with Crippen LogP contribution in [0, 0.1) is 0 Å². The van der Waals surface area contributed by atoms with Gasteiger partial charge >= 0.3 is 0 Å². The highest BCUT2D eigenvalue weighted by atomic mass is 19.1. The summed E-state index contributed by atoms with van der Waals surface area (Å²) in [6, 6.07) is 2.25. The number of ether oxygens (including phenoxy) is 1. The second kappa shape index (κ2) is 7.43. The minimum Gasteiger partial charge on any atom is -0.469 e. The van der Waals surface area contributed by atoms with Gasteiger partial charge in [-0.3, -0.25) is 9.48 Å². The van der Waals surface area contributed by atoms with E-state index in [4.69, 9.17) is 4.74 Å². The minimum atomic E-state index is -1.20. The Hall–Kier alpha value is -3.43. The highest BCUT2D eigenvalue weighted by Crippen LogP contribution is 2.35. The number of anilines is 2. The van der Waals surface area contributed by atoms with Crippen molar-refractivity contribution < 1.29 is 13.9 Å². The van der Waals surface area contributed by atoms with Crippen LogP contribution in [0.4, 0.5) is 16.0 Å². The molecule has 30 heavy (non-hydrogen) atoms. The molecule has 1 aliphatic carbocycles. The van der Waals surface area contributed by atoms with E-state index in [1.165, 1.54) is 11.0 Å². The predicted octanol–water partition coefficient (Wildman–Crippen LogP) is 2.74. The maximum absolute atomic E-state index is 14.6. The lowest BCUT2D eigenvalue weighted by Crippen LogP contribution is -2.49. The molecular formula is C20H22FN7O2. The number of carbonyl (C=O) groups is 1. The first-order valence-electron chi connectivity index (χ1n) is 9.99. The summed E-state index contributed by atoms with van der Waals surface area (Å²) in [5.74, 6) is 0.347. The summed E-state index contributed by atoms with van der Waals surface area (Å²) < 4.78 is 22.5. The first-order chi connectivity index (χ1) is 14.6. The van der Waals surface area contributed by atoms with Crippen molar-refractivity contribution in [3.05, 3.63) is 37.3 Å². The molecule has 9 nitrogen and oxygen atoms in total. The average Bonchev–Trinajstić information content (AvgIpc) is 3.30. The molecule has 3 aromatic heterocycles. The summed E-state index contributed by atoms with van der Waals surface area (Å²) in [4.78, 5) is 25.4. The lowest BCUT2D eigenvalue weighted by atomic mass is 10.1. The Kier molecular flexibility index (Phi) is 4.61. The molecule has 1 amide bonds. The maximum atomic E-state index is 14.6. The summed E-state index contributed by atoms with van der Waals surface area (Å²) in [6.07, 6.45) is 7.06. The van der Waals surface area contributed by atoms with Gasteiger partial charge in [0.05, 0.1) is 29.9 Å². The maximum Gasteiger partial charge on any atom is 0.246 e. The SMILES string of the molecule is C=CC(=O)N1CC[C@H](F)[C@@H](Oc2nc(Nc3cnn(C4CC4)c3)nc3[nH]ccc23)C1. The van der Waals surface area contributed by atoms with Crippen LogP contribution in [0.25, 0.3) is 11.0 Å². The number of alkyl halides is 1. The van der Waals surface area contributed by atoms with Crippen LogP contribution in [-0.2, 0) is 4.79 Å². The first-order valence-corrected chi connectivity index (χ1v) is 9.99. The van der Waals surface area contributed by atoms with Crippen molar-refractivity contribution in [2.24, 2.45) is 0 Å².